The molecule has 5 nitrogen and oxygen atoms in total. The summed E-state index contributed by atoms with van der Waals surface area (Å²) in [6.07, 6.45) is 0. The zero-order valence-corrected chi connectivity index (χ0v) is 14.6. The number of ether oxygens (including phenoxy) is 3. The predicted octanol–water partition coefficient (Wildman–Crippen LogP) is 4.36. The van der Waals surface area contributed by atoms with Crippen LogP contribution in [0, 0.1) is 0 Å². The maximum Gasteiger partial charge on any atom is 0.231 e. The third kappa shape index (κ3) is 2.56. The van der Waals surface area contributed by atoms with Gasteiger partial charge < -0.3 is 14.2 Å². The highest BCUT2D eigenvalue weighted by atomic mass is 16.7. The summed E-state index contributed by atoms with van der Waals surface area (Å²) in [4.78, 5) is 17.8. The minimum Gasteiger partial charge on any atom is -0.497 e. The molecule has 132 valence electrons. The van der Waals surface area contributed by atoms with E-state index >= 15 is 0 Å². The fourth-order valence-corrected chi connectivity index (χ4v) is 3.33. The van der Waals surface area contributed by atoms with Crippen molar-refractivity contribution >= 4 is 27.6 Å². The highest BCUT2D eigenvalue weighted by molar-refractivity contribution is 6.16. The predicted molar refractivity (Wildman–Crippen MR) is 102 cm³/mol. The molecule has 0 bridgehead atoms. The van der Waals surface area contributed by atoms with Crippen molar-refractivity contribution in [1.29, 1.82) is 0 Å². The van der Waals surface area contributed by atoms with Crippen LogP contribution in [0.4, 0.5) is 0 Å². The SMILES string of the molecule is COc1ccc(C(=O)c2cccc3cc4cc5c(cc4nc23)OCO5)cc1. The first-order valence-electron chi connectivity index (χ1n) is 8.55. The molecule has 5 rings (SSSR count). The molecule has 0 aliphatic carbocycles. The molecular weight excluding hydrogens is 342 g/mol. The number of ketones is 1. The number of rotatable bonds is 3. The molecule has 0 fully saturated rings. The van der Waals surface area contributed by atoms with E-state index in [0.717, 1.165) is 16.3 Å². The molecule has 2 heterocycles. The number of nitrogens with zero attached hydrogens (tertiary/aromatic N) is 1. The van der Waals surface area contributed by atoms with E-state index < -0.39 is 0 Å². The van der Waals surface area contributed by atoms with E-state index in [1.807, 2.05) is 30.3 Å². The van der Waals surface area contributed by atoms with Gasteiger partial charge in [-0.25, -0.2) is 4.98 Å². The van der Waals surface area contributed by atoms with Gasteiger partial charge in [0.15, 0.2) is 17.3 Å². The standard InChI is InChI=1S/C22H15NO4/c1-25-16-7-5-13(6-8-16)22(24)17-4-2-3-14-9-15-10-19-20(27-12-26-19)11-18(15)23-21(14)17/h2-11H,12H2,1H3. The zero-order chi connectivity index (χ0) is 18.4. The summed E-state index contributed by atoms with van der Waals surface area (Å²) in [5, 5.41) is 1.85. The van der Waals surface area contributed by atoms with Crippen LogP contribution in [0.25, 0.3) is 21.8 Å². The van der Waals surface area contributed by atoms with Crippen LogP contribution >= 0.6 is 0 Å². The number of hydrogen-bond donors (Lipinski definition) is 0. The van der Waals surface area contributed by atoms with Crippen LogP contribution in [-0.2, 0) is 0 Å². The van der Waals surface area contributed by atoms with Gasteiger partial charge in [-0.05, 0) is 42.5 Å². The topological polar surface area (TPSA) is 57.7 Å². The normalized spacial score (nSPS) is 12.5. The van der Waals surface area contributed by atoms with E-state index in [0.29, 0.717) is 33.9 Å². The molecule has 0 radical (unpaired) electrons. The highest BCUT2D eigenvalue weighted by Gasteiger charge is 2.18. The third-order valence-corrected chi connectivity index (χ3v) is 4.73. The number of methoxy groups -OCH3 is 1. The van der Waals surface area contributed by atoms with Crippen molar-refractivity contribution in [2.24, 2.45) is 0 Å². The second-order valence-corrected chi connectivity index (χ2v) is 6.32. The molecule has 4 aromatic rings. The first-order chi connectivity index (χ1) is 13.2. The van der Waals surface area contributed by atoms with Gasteiger partial charge in [-0.3, -0.25) is 4.79 Å². The second-order valence-electron chi connectivity index (χ2n) is 6.32. The maximum atomic E-state index is 13.1. The molecule has 0 N–H and O–H groups in total. The molecular formula is C22H15NO4. The summed E-state index contributed by atoms with van der Waals surface area (Å²) >= 11 is 0. The summed E-state index contributed by atoms with van der Waals surface area (Å²) in [6.45, 7) is 0.215. The van der Waals surface area contributed by atoms with Crippen molar-refractivity contribution in [3.8, 4) is 17.2 Å². The smallest absolute Gasteiger partial charge is 0.231 e. The molecule has 5 heteroatoms. The van der Waals surface area contributed by atoms with Crippen LogP contribution in [0.15, 0.2) is 60.7 Å². The van der Waals surface area contributed by atoms with Crippen molar-refractivity contribution < 1.29 is 19.0 Å². The first-order valence-corrected chi connectivity index (χ1v) is 8.55. The van der Waals surface area contributed by atoms with Gasteiger partial charge in [0.05, 0.1) is 18.1 Å². The molecule has 1 aromatic heterocycles. The van der Waals surface area contributed by atoms with E-state index in [9.17, 15) is 4.79 Å². The van der Waals surface area contributed by atoms with Gasteiger partial charge in [0.2, 0.25) is 6.79 Å². The van der Waals surface area contributed by atoms with Gasteiger partial charge in [0, 0.05) is 28.0 Å². The molecule has 0 spiro atoms. The Morgan fingerprint density at radius 3 is 2.52 bits per heavy atom. The second kappa shape index (κ2) is 5.99. The minimum absolute atomic E-state index is 0.0733. The fourth-order valence-electron chi connectivity index (χ4n) is 3.33. The number of fused-ring (bicyclic) bond motifs is 3. The summed E-state index contributed by atoms with van der Waals surface area (Å²) in [5.74, 6) is 2.03. The lowest BCUT2D eigenvalue weighted by Crippen LogP contribution is -2.03. The Hall–Kier alpha value is -3.60. The van der Waals surface area contributed by atoms with Gasteiger partial charge in [-0.1, -0.05) is 12.1 Å². The molecule has 3 aromatic carbocycles. The zero-order valence-electron chi connectivity index (χ0n) is 14.6. The summed E-state index contributed by atoms with van der Waals surface area (Å²) in [7, 11) is 1.60. The molecule has 0 unspecified atom stereocenters. The lowest BCUT2D eigenvalue weighted by molar-refractivity contribution is 0.104. The molecule has 1 aliphatic rings. The van der Waals surface area contributed by atoms with Gasteiger partial charge in [-0.15, -0.1) is 0 Å². The van der Waals surface area contributed by atoms with E-state index in [1.165, 1.54) is 0 Å². The van der Waals surface area contributed by atoms with Gasteiger partial charge >= 0.3 is 0 Å². The Kier molecular flexibility index (Phi) is 3.47. The summed E-state index contributed by atoms with van der Waals surface area (Å²) in [5.41, 5.74) is 2.60. The average molecular weight is 357 g/mol. The van der Waals surface area contributed by atoms with Gasteiger partial charge in [0.1, 0.15) is 5.75 Å². The average Bonchev–Trinajstić information content (AvgIpc) is 3.16. The molecule has 27 heavy (non-hydrogen) atoms. The van der Waals surface area contributed by atoms with E-state index in [2.05, 4.69) is 0 Å². The van der Waals surface area contributed by atoms with Crippen LogP contribution in [0.3, 0.4) is 0 Å². The van der Waals surface area contributed by atoms with E-state index in [1.54, 1.807) is 37.4 Å². The van der Waals surface area contributed by atoms with Crippen molar-refractivity contribution in [3.05, 3.63) is 71.8 Å². The number of pyridine rings is 1. The molecule has 0 amide bonds. The Morgan fingerprint density at radius 2 is 1.74 bits per heavy atom. The van der Waals surface area contributed by atoms with Crippen molar-refractivity contribution in [2.75, 3.05) is 13.9 Å². The van der Waals surface area contributed by atoms with Gasteiger partial charge in [0.25, 0.3) is 0 Å². The fraction of sp³-hybridized carbons (Fsp3) is 0.0909. The molecule has 1 aliphatic heterocycles. The summed E-state index contributed by atoms with van der Waals surface area (Å²) in [6, 6.07) is 18.5. The van der Waals surface area contributed by atoms with Crippen LogP contribution < -0.4 is 14.2 Å². The van der Waals surface area contributed by atoms with E-state index in [4.69, 9.17) is 19.2 Å². The number of para-hydroxylation sites is 1. The number of hydrogen-bond acceptors (Lipinski definition) is 5. The van der Waals surface area contributed by atoms with Crippen molar-refractivity contribution in [1.82, 2.24) is 4.98 Å². The Bertz CT molecular complexity index is 1200. The van der Waals surface area contributed by atoms with Crippen molar-refractivity contribution in [3.63, 3.8) is 0 Å². The van der Waals surface area contributed by atoms with Crippen LogP contribution in [0.2, 0.25) is 0 Å². The molecule has 0 atom stereocenters. The number of aromatic nitrogens is 1. The Balaban J connectivity index is 1.67. The quantitative estimate of drug-likeness (QED) is 0.403. The molecule has 0 saturated carbocycles. The van der Waals surface area contributed by atoms with E-state index in [-0.39, 0.29) is 12.6 Å². The monoisotopic (exact) mass is 357 g/mol. The maximum absolute atomic E-state index is 13.1. The number of benzene rings is 3. The van der Waals surface area contributed by atoms with Crippen LogP contribution in [0.1, 0.15) is 15.9 Å². The Morgan fingerprint density at radius 1 is 0.963 bits per heavy atom. The Labute approximate surface area is 155 Å². The largest absolute Gasteiger partial charge is 0.497 e. The minimum atomic E-state index is -0.0733. The third-order valence-electron chi connectivity index (χ3n) is 4.73. The number of carbonyl (C=O) groups excluding carboxylic acids is 1. The van der Waals surface area contributed by atoms with Gasteiger partial charge in [-0.2, -0.15) is 0 Å². The van der Waals surface area contributed by atoms with Crippen LogP contribution in [-0.4, -0.2) is 24.7 Å². The molecule has 0 saturated heterocycles. The lowest BCUT2D eigenvalue weighted by Gasteiger charge is -2.08. The summed E-state index contributed by atoms with van der Waals surface area (Å²) < 4.78 is 16.1. The first kappa shape index (κ1) is 15.6. The lowest BCUT2D eigenvalue weighted by atomic mass is 9.99. The van der Waals surface area contributed by atoms with Crippen molar-refractivity contribution in [2.45, 2.75) is 0 Å². The number of carbonyl (C=O) groups is 1. The van der Waals surface area contributed by atoms with Crippen LogP contribution in [0.5, 0.6) is 17.2 Å². The highest BCUT2D eigenvalue weighted by Crippen LogP contribution is 2.36.